The number of carbonyl (C=O) groups excluding carboxylic acids is 2. The zero-order chi connectivity index (χ0) is 28.2. The zero-order valence-corrected chi connectivity index (χ0v) is 23.3. The number of benzene rings is 3. The maximum atomic E-state index is 12.9. The van der Waals surface area contributed by atoms with Gasteiger partial charge in [-0.1, -0.05) is 60.7 Å². The van der Waals surface area contributed by atoms with Crippen molar-refractivity contribution in [3.05, 3.63) is 118 Å². The molecule has 6 nitrogen and oxygen atoms in total. The van der Waals surface area contributed by atoms with Crippen molar-refractivity contribution in [1.29, 1.82) is 0 Å². The maximum absolute atomic E-state index is 12.9. The minimum absolute atomic E-state index is 0.302. The van der Waals surface area contributed by atoms with E-state index in [2.05, 4.69) is 34.2 Å². The molecular formula is C34H32N2O4. The van der Waals surface area contributed by atoms with Gasteiger partial charge in [-0.3, -0.25) is 9.97 Å². The van der Waals surface area contributed by atoms with Gasteiger partial charge >= 0.3 is 11.9 Å². The zero-order valence-electron chi connectivity index (χ0n) is 23.3. The third kappa shape index (κ3) is 5.30. The fourth-order valence-corrected chi connectivity index (χ4v) is 5.33. The summed E-state index contributed by atoms with van der Waals surface area (Å²) in [7, 11) is 0. The summed E-state index contributed by atoms with van der Waals surface area (Å²) >= 11 is 0. The van der Waals surface area contributed by atoms with Gasteiger partial charge in [-0.25, -0.2) is 9.59 Å². The second kappa shape index (κ2) is 11.7. The number of carbonyl (C=O) groups is 2. The summed E-state index contributed by atoms with van der Waals surface area (Å²) in [6.45, 7) is 7.93. The van der Waals surface area contributed by atoms with Gasteiger partial charge in [-0.15, -0.1) is 0 Å². The van der Waals surface area contributed by atoms with Gasteiger partial charge in [-0.05, 0) is 74.9 Å². The van der Waals surface area contributed by atoms with E-state index in [4.69, 9.17) is 9.47 Å². The molecule has 0 aliphatic heterocycles. The third-order valence-corrected chi connectivity index (χ3v) is 7.11. The first-order chi connectivity index (χ1) is 19.4. The molecule has 0 bridgehead atoms. The standard InChI is InChI=1S/C34H32N2O4/c1-5-39-33(37)31-21(3)35-29-13-9-7-11-25(29)27(31)19-23-15-17-24(18-16-23)20-28-26-12-8-10-14-30(26)36-22(4)32(28)34(38)40-6-2/h7-18H,5-6,19-20H2,1-4H3. The molecule has 0 atom stereocenters. The molecule has 40 heavy (non-hydrogen) atoms. The van der Waals surface area contributed by atoms with Gasteiger partial charge in [0, 0.05) is 10.8 Å². The van der Waals surface area contributed by atoms with E-state index in [9.17, 15) is 9.59 Å². The van der Waals surface area contributed by atoms with Crippen molar-refractivity contribution >= 4 is 33.7 Å². The highest BCUT2D eigenvalue weighted by atomic mass is 16.5. The number of pyridine rings is 2. The number of hydrogen-bond donors (Lipinski definition) is 0. The summed E-state index contributed by atoms with van der Waals surface area (Å²) in [5.74, 6) is -0.701. The molecule has 0 radical (unpaired) electrons. The molecular weight excluding hydrogens is 500 g/mol. The van der Waals surface area contributed by atoms with Crippen LogP contribution in [0, 0.1) is 13.8 Å². The van der Waals surface area contributed by atoms with Gasteiger partial charge < -0.3 is 9.47 Å². The van der Waals surface area contributed by atoms with Crippen molar-refractivity contribution in [3.8, 4) is 0 Å². The lowest BCUT2D eigenvalue weighted by Gasteiger charge is -2.16. The smallest absolute Gasteiger partial charge is 0.340 e. The highest BCUT2D eigenvalue weighted by molar-refractivity contribution is 5.99. The molecule has 3 aromatic carbocycles. The van der Waals surface area contributed by atoms with Crippen LogP contribution >= 0.6 is 0 Å². The third-order valence-electron chi connectivity index (χ3n) is 7.11. The van der Waals surface area contributed by atoms with Crippen molar-refractivity contribution in [2.45, 2.75) is 40.5 Å². The average molecular weight is 533 g/mol. The number of esters is 2. The monoisotopic (exact) mass is 532 g/mol. The van der Waals surface area contributed by atoms with Gasteiger partial charge in [-0.2, -0.15) is 0 Å². The van der Waals surface area contributed by atoms with Crippen LogP contribution in [0.5, 0.6) is 0 Å². The van der Waals surface area contributed by atoms with Gasteiger partial charge in [0.05, 0.1) is 46.8 Å². The molecule has 0 saturated carbocycles. The number of aryl methyl sites for hydroxylation is 2. The summed E-state index contributed by atoms with van der Waals surface area (Å²) in [5, 5.41) is 1.89. The fraction of sp³-hybridized carbons (Fsp3) is 0.235. The lowest BCUT2D eigenvalue weighted by atomic mass is 9.92. The first-order valence-electron chi connectivity index (χ1n) is 13.6. The van der Waals surface area contributed by atoms with E-state index in [1.807, 2.05) is 62.4 Å². The maximum Gasteiger partial charge on any atom is 0.340 e. The molecule has 5 rings (SSSR count). The molecule has 0 unspecified atom stereocenters. The molecule has 5 aromatic rings. The second-order valence-electron chi connectivity index (χ2n) is 9.75. The van der Waals surface area contributed by atoms with Crippen LogP contribution in [0.4, 0.5) is 0 Å². The Kier molecular flexibility index (Phi) is 7.87. The van der Waals surface area contributed by atoms with Crippen LogP contribution in [0.2, 0.25) is 0 Å². The Morgan fingerprint density at radius 1 is 0.600 bits per heavy atom. The number of aromatic nitrogens is 2. The van der Waals surface area contributed by atoms with Crippen LogP contribution in [-0.2, 0) is 22.3 Å². The molecule has 202 valence electrons. The van der Waals surface area contributed by atoms with E-state index in [0.717, 1.165) is 44.1 Å². The predicted molar refractivity (Wildman–Crippen MR) is 157 cm³/mol. The number of nitrogens with zero attached hydrogens (tertiary/aromatic N) is 2. The van der Waals surface area contributed by atoms with Crippen LogP contribution < -0.4 is 0 Å². The Morgan fingerprint density at radius 3 is 1.35 bits per heavy atom. The molecule has 2 aromatic heterocycles. The molecule has 2 heterocycles. The highest BCUT2D eigenvalue weighted by Gasteiger charge is 2.22. The minimum Gasteiger partial charge on any atom is -0.462 e. The number of ether oxygens (including phenoxy) is 2. The Labute approximate surface area is 234 Å². The summed E-state index contributed by atoms with van der Waals surface area (Å²) in [4.78, 5) is 35.2. The number of hydrogen-bond acceptors (Lipinski definition) is 6. The SMILES string of the molecule is CCOC(=O)c1c(C)nc2ccccc2c1Cc1ccc(Cc2c(C(=O)OCC)c(C)nc3ccccc23)cc1. The van der Waals surface area contributed by atoms with Crippen LogP contribution in [-0.4, -0.2) is 35.1 Å². The largest absolute Gasteiger partial charge is 0.462 e. The van der Waals surface area contributed by atoms with E-state index in [-0.39, 0.29) is 11.9 Å². The van der Waals surface area contributed by atoms with E-state index < -0.39 is 0 Å². The van der Waals surface area contributed by atoms with Crippen LogP contribution in [0.25, 0.3) is 21.8 Å². The molecule has 0 aliphatic carbocycles. The van der Waals surface area contributed by atoms with Crippen LogP contribution in [0.15, 0.2) is 72.8 Å². The molecule has 0 aliphatic rings. The van der Waals surface area contributed by atoms with Crippen LogP contribution in [0.1, 0.15) is 68.2 Å². The quantitative estimate of drug-likeness (QED) is 0.202. The molecule has 0 amide bonds. The van der Waals surface area contributed by atoms with Crippen molar-refractivity contribution in [1.82, 2.24) is 9.97 Å². The first-order valence-corrected chi connectivity index (χ1v) is 13.6. The lowest BCUT2D eigenvalue weighted by molar-refractivity contribution is 0.0514. The molecule has 6 heteroatoms. The van der Waals surface area contributed by atoms with Crippen molar-refractivity contribution in [2.75, 3.05) is 13.2 Å². The first kappa shape index (κ1) is 27.0. The van der Waals surface area contributed by atoms with Crippen molar-refractivity contribution in [2.24, 2.45) is 0 Å². The van der Waals surface area contributed by atoms with E-state index in [0.29, 0.717) is 48.6 Å². The van der Waals surface area contributed by atoms with Gasteiger partial charge in [0.15, 0.2) is 0 Å². The number of fused-ring (bicyclic) bond motifs is 2. The Morgan fingerprint density at radius 2 is 0.975 bits per heavy atom. The Hall–Kier alpha value is -4.58. The molecule has 0 N–H and O–H groups in total. The topological polar surface area (TPSA) is 78.4 Å². The Balaban J connectivity index is 1.52. The predicted octanol–water partition coefficient (Wildman–Crippen LogP) is 6.93. The lowest BCUT2D eigenvalue weighted by Crippen LogP contribution is -2.13. The molecule has 0 spiro atoms. The van der Waals surface area contributed by atoms with E-state index >= 15 is 0 Å². The molecule has 0 saturated heterocycles. The molecule has 0 fully saturated rings. The number of rotatable bonds is 8. The second-order valence-corrected chi connectivity index (χ2v) is 9.75. The van der Waals surface area contributed by atoms with Crippen molar-refractivity contribution in [3.63, 3.8) is 0 Å². The summed E-state index contributed by atoms with van der Waals surface area (Å²) in [6, 6.07) is 24.1. The summed E-state index contributed by atoms with van der Waals surface area (Å²) < 4.78 is 10.8. The van der Waals surface area contributed by atoms with Gasteiger partial charge in [0.1, 0.15) is 0 Å². The van der Waals surface area contributed by atoms with Gasteiger partial charge in [0.25, 0.3) is 0 Å². The summed E-state index contributed by atoms with van der Waals surface area (Å²) in [5.41, 5.74) is 8.04. The normalized spacial score (nSPS) is 11.1. The van der Waals surface area contributed by atoms with Crippen LogP contribution in [0.3, 0.4) is 0 Å². The fourth-order valence-electron chi connectivity index (χ4n) is 5.33. The van der Waals surface area contributed by atoms with E-state index in [1.165, 1.54) is 0 Å². The Bertz CT molecular complexity index is 1600. The van der Waals surface area contributed by atoms with E-state index in [1.54, 1.807) is 13.8 Å². The average Bonchev–Trinajstić information content (AvgIpc) is 2.94. The van der Waals surface area contributed by atoms with Gasteiger partial charge in [0.2, 0.25) is 0 Å². The summed E-state index contributed by atoms with van der Waals surface area (Å²) in [6.07, 6.45) is 1.12. The van der Waals surface area contributed by atoms with Crippen molar-refractivity contribution < 1.29 is 19.1 Å². The minimum atomic E-state index is -0.351. The highest BCUT2D eigenvalue weighted by Crippen LogP contribution is 2.29. The number of para-hydroxylation sites is 2.